The van der Waals surface area contributed by atoms with E-state index in [-0.39, 0.29) is 0 Å². The first kappa shape index (κ1) is 15.4. The van der Waals surface area contributed by atoms with Gasteiger partial charge in [0.25, 0.3) is 0 Å². The Hall–Kier alpha value is -2.08. The number of fused-ring (bicyclic) bond motifs is 2. The second-order valence-corrected chi connectivity index (χ2v) is 6.61. The lowest BCUT2D eigenvalue weighted by Gasteiger charge is -2.18. The van der Waals surface area contributed by atoms with Gasteiger partial charge >= 0.3 is 0 Å². The Morgan fingerprint density at radius 3 is 2.79 bits per heavy atom. The molecule has 0 fully saturated rings. The molecule has 1 aliphatic carbocycles. The van der Waals surface area contributed by atoms with Crippen molar-refractivity contribution in [3.05, 3.63) is 40.4 Å². The fourth-order valence-corrected chi connectivity index (χ4v) is 3.71. The molecule has 1 aliphatic heterocycles. The molecule has 2 N–H and O–H groups in total. The number of hydrogen-bond acceptors (Lipinski definition) is 6. The molecule has 0 bridgehead atoms. The number of anilines is 1. The second-order valence-electron chi connectivity index (χ2n) is 6.61. The van der Waals surface area contributed by atoms with E-state index in [0.717, 1.165) is 61.8 Å². The predicted octanol–water partition coefficient (Wildman–Crippen LogP) is 1.75. The second kappa shape index (κ2) is 6.81. The Morgan fingerprint density at radius 2 is 1.83 bits per heavy atom. The Balaban J connectivity index is 1.54. The van der Waals surface area contributed by atoms with E-state index in [1.807, 2.05) is 0 Å². The lowest BCUT2D eigenvalue weighted by atomic mass is 9.95. The first-order valence-corrected chi connectivity index (χ1v) is 8.94. The van der Waals surface area contributed by atoms with E-state index < -0.39 is 0 Å². The number of aryl methyl sites for hydroxylation is 2. The first-order chi connectivity index (χ1) is 11.8. The summed E-state index contributed by atoms with van der Waals surface area (Å²) in [6.45, 7) is 4.68. The maximum atomic E-state index is 4.79. The van der Waals surface area contributed by atoms with Crippen molar-refractivity contribution >= 4 is 5.82 Å². The Bertz CT molecular complexity index is 743. The summed E-state index contributed by atoms with van der Waals surface area (Å²) >= 11 is 0. The zero-order valence-electron chi connectivity index (χ0n) is 14.2. The minimum Gasteiger partial charge on any atom is -0.362 e. The summed E-state index contributed by atoms with van der Waals surface area (Å²) in [5.41, 5.74) is 6.14. The Kier molecular flexibility index (Phi) is 4.38. The van der Waals surface area contributed by atoms with Gasteiger partial charge < -0.3 is 10.6 Å². The highest BCUT2D eigenvalue weighted by molar-refractivity contribution is 5.47. The Morgan fingerprint density at radius 1 is 0.958 bits per heavy atom. The molecule has 2 aromatic rings. The van der Waals surface area contributed by atoms with Crippen LogP contribution in [0.3, 0.4) is 0 Å². The zero-order valence-corrected chi connectivity index (χ0v) is 14.2. The topological polar surface area (TPSA) is 75.6 Å². The van der Waals surface area contributed by atoms with Gasteiger partial charge in [-0.15, -0.1) is 0 Å². The number of hydrogen-bond donors (Lipinski definition) is 2. The van der Waals surface area contributed by atoms with Crippen LogP contribution < -0.4 is 10.6 Å². The standard InChI is InChI=1S/C18H24N6/c1-12-13-4-2-3-5-16(13)24-17(23-12)10-20-18-14-6-8-19-9-7-15(14)21-11-22-18/h11,19H,2-10H2,1H3,(H,20,21,22). The van der Waals surface area contributed by atoms with E-state index in [4.69, 9.17) is 9.97 Å². The van der Waals surface area contributed by atoms with Crippen LogP contribution in [0.25, 0.3) is 0 Å². The summed E-state index contributed by atoms with van der Waals surface area (Å²) in [4.78, 5) is 18.4. The highest BCUT2D eigenvalue weighted by Gasteiger charge is 2.17. The molecule has 0 spiro atoms. The summed E-state index contributed by atoms with van der Waals surface area (Å²) in [5.74, 6) is 1.80. The van der Waals surface area contributed by atoms with E-state index in [2.05, 4.69) is 27.5 Å². The average molecular weight is 324 g/mol. The van der Waals surface area contributed by atoms with Crippen LogP contribution in [0.5, 0.6) is 0 Å². The van der Waals surface area contributed by atoms with Crippen LogP contribution in [0.15, 0.2) is 6.33 Å². The summed E-state index contributed by atoms with van der Waals surface area (Å²) in [7, 11) is 0. The summed E-state index contributed by atoms with van der Waals surface area (Å²) in [6, 6.07) is 0. The van der Waals surface area contributed by atoms with Crippen molar-refractivity contribution in [2.75, 3.05) is 18.4 Å². The number of aromatic nitrogens is 4. The summed E-state index contributed by atoms with van der Waals surface area (Å²) in [6.07, 6.45) is 8.29. The largest absolute Gasteiger partial charge is 0.362 e. The third kappa shape index (κ3) is 3.11. The Labute approximate surface area is 142 Å². The van der Waals surface area contributed by atoms with Crippen molar-refractivity contribution in [1.82, 2.24) is 25.3 Å². The SMILES string of the molecule is Cc1nc(CNc2ncnc3c2CCNCC3)nc2c1CCCC2. The van der Waals surface area contributed by atoms with Crippen LogP contribution in [-0.2, 0) is 32.2 Å². The van der Waals surface area contributed by atoms with Crippen LogP contribution in [0, 0.1) is 6.92 Å². The van der Waals surface area contributed by atoms with Gasteiger partial charge in [-0.3, -0.25) is 0 Å². The van der Waals surface area contributed by atoms with E-state index in [0.29, 0.717) is 6.54 Å². The molecule has 6 nitrogen and oxygen atoms in total. The summed E-state index contributed by atoms with van der Waals surface area (Å²) in [5, 5.41) is 6.86. The van der Waals surface area contributed by atoms with Gasteiger partial charge in [-0.25, -0.2) is 19.9 Å². The molecule has 126 valence electrons. The molecule has 2 aliphatic rings. The molecule has 3 heterocycles. The van der Waals surface area contributed by atoms with Crippen molar-refractivity contribution in [2.45, 2.75) is 52.0 Å². The van der Waals surface area contributed by atoms with E-state index in [1.165, 1.54) is 29.7 Å². The molecule has 0 atom stereocenters. The molecular formula is C18H24N6. The van der Waals surface area contributed by atoms with Crippen molar-refractivity contribution in [3.63, 3.8) is 0 Å². The molecule has 4 rings (SSSR count). The highest BCUT2D eigenvalue weighted by atomic mass is 15.1. The van der Waals surface area contributed by atoms with Gasteiger partial charge in [0, 0.05) is 29.9 Å². The molecule has 6 heteroatoms. The monoisotopic (exact) mass is 324 g/mol. The molecular weight excluding hydrogens is 300 g/mol. The lowest BCUT2D eigenvalue weighted by Crippen LogP contribution is -2.16. The van der Waals surface area contributed by atoms with Gasteiger partial charge in [0.2, 0.25) is 0 Å². The third-order valence-electron chi connectivity index (χ3n) is 4.98. The fourth-order valence-electron chi connectivity index (χ4n) is 3.71. The van der Waals surface area contributed by atoms with Crippen molar-refractivity contribution < 1.29 is 0 Å². The maximum Gasteiger partial charge on any atom is 0.147 e. The third-order valence-corrected chi connectivity index (χ3v) is 4.98. The lowest BCUT2D eigenvalue weighted by molar-refractivity contribution is 0.648. The predicted molar refractivity (Wildman–Crippen MR) is 93.0 cm³/mol. The minimum atomic E-state index is 0.616. The van der Waals surface area contributed by atoms with Gasteiger partial charge in [-0.05, 0) is 51.1 Å². The number of nitrogens with zero attached hydrogens (tertiary/aromatic N) is 4. The fraction of sp³-hybridized carbons (Fsp3) is 0.556. The van der Waals surface area contributed by atoms with Crippen LogP contribution in [0.2, 0.25) is 0 Å². The minimum absolute atomic E-state index is 0.616. The maximum absolute atomic E-state index is 4.79. The molecule has 0 aromatic carbocycles. The molecule has 2 aromatic heterocycles. The normalized spacial score (nSPS) is 16.9. The van der Waals surface area contributed by atoms with E-state index in [9.17, 15) is 0 Å². The molecule has 0 radical (unpaired) electrons. The average Bonchev–Trinajstić information content (AvgIpc) is 2.86. The quantitative estimate of drug-likeness (QED) is 0.896. The highest BCUT2D eigenvalue weighted by Crippen LogP contribution is 2.22. The number of rotatable bonds is 3. The van der Waals surface area contributed by atoms with Gasteiger partial charge in [0.1, 0.15) is 18.0 Å². The van der Waals surface area contributed by atoms with Crippen LogP contribution in [-0.4, -0.2) is 33.0 Å². The molecule has 24 heavy (non-hydrogen) atoms. The van der Waals surface area contributed by atoms with Crippen molar-refractivity contribution in [2.24, 2.45) is 0 Å². The molecule has 0 amide bonds. The van der Waals surface area contributed by atoms with Crippen LogP contribution in [0.1, 0.15) is 46.9 Å². The van der Waals surface area contributed by atoms with Crippen LogP contribution >= 0.6 is 0 Å². The zero-order chi connectivity index (χ0) is 16.4. The van der Waals surface area contributed by atoms with Gasteiger partial charge in [0.05, 0.1) is 12.2 Å². The summed E-state index contributed by atoms with van der Waals surface area (Å²) < 4.78 is 0. The van der Waals surface area contributed by atoms with Gasteiger partial charge in [-0.1, -0.05) is 0 Å². The number of nitrogens with one attached hydrogen (secondary N) is 2. The van der Waals surface area contributed by atoms with Crippen molar-refractivity contribution in [3.8, 4) is 0 Å². The molecule has 0 unspecified atom stereocenters. The molecule has 0 saturated carbocycles. The van der Waals surface area contributed by atoms with Crippen LogP contribution in [0.4, 0.5) is 5.82 Å². The molecule has 0 saturated heterocycles. The van der Waals surface area contributed by atoms with Gasteiger partial charge in [0.15, 0.2) is 0 Å². The van der Waals surface area contributed by atoms with E-state index >= 15 is 0 Å². The smallest absolute Gasteiger partial charge is 0.147 e. The van der Waals surface area contributed by atoms with Crippen molar-refractivity contribution in [1.29, 1.82) is 0 Å². The van der Waals surface area contributed by atoms with Gasteiger partial charge in [-0.2, -0.15) is 0 Å². The first-order valence-electron chi connectivity index (χ1n) is 8.94. The van der Waals surface area contributed by atoms with E-state index in [1.54, 1.807) is 6.33 Å².